The molecule has 0 aliphatic heterocycles. The van der Waals surface area contributed by atoms with Crippen LogP contribution in [0.15, 0.2) is 53.1 Å². The highest BCUT2D eigenvalue weighted by Crippen LogP contribution is 2.22. The molecule has 0 radical (unpaired) electrons. The number of hydrogen-bond acceptors (Lipinski definition) is 2. The second kappa shape index (κ2) is 4.49. The monoisotopic (exact) mass is 283 g/mol. The zero-order chi connectivity index (χ0) is 14.3. The van der Waals surface area contributed by atoms with Crippen LogP contribution in [0.3, 0.4) is 0 Å². The molecule has 102 valence electrons. The molecule has 3 rings (SSSR count). The number of benzene rings is 1. The minimum atomic E-state index is -1.55. The molecule has 2 aromatic heterocycles. The van der Waals surface area contributed by atoms with Crippen molar-refractivity contribution in [3.05, 3.63) is 53.9 Å². The summed E-state index contributed by atoms with van der Waals surface area (Å²) in [5.41, 5.74) is 3.18. The molecular weight excluding hydrogens is 266 g/mol. The van der Waals surface area contributed by atoms with E-state index in [4.69, 9.17) is 4.42 Å². The van der Waals surface area contributed by atoms with E-state index >= 15 is 0 Å². The van der Waals surface area contributed by atoms with Crippen molar-refractivity contribution in [3.8, 4) is 11.1 Å². The molecule has 1 aromatic carbocycles. The van der Waals surface area contributed by atoms with E-state index in [2.05, 4.69) is 19.6 Å². The maximum atomic E-state index is 12.2. The lowest BCUT2D eigenvalue weighted by atomic mass is 10.1. The SMILES string of the molecule is C[Si](C)(C)c1cc2c(cc(-c3ccccc3)c[n+]2[O-])o1. The Bertz CT molecular complexity index is 757. The summed E-state index contributed by atoms with van der Waals surface area (Å²) in [6.45, 7) is 6.62. The van der Waals surface area contributed by atoms with Crippen LogP contribution in [0.5, 0.6) is 0 Å². The molecule has 0 bridgehead atoms. The van der Waals surface area contributed by atoms with Gasteiger partial charge in [-0.05, 0) is 5.56 Å². The van der Waals surface area contributed by atoms with Gasteiger partial charge in [-0.15, -0.1) is 0 Å². The molecule has 0 atom stereocenters. The Hall–Kier alpha value is -2.07. The van der Waals surface area contributed by atoms with E-state index in [0.717, 1.165) is 21.2 Å². The van der Waals surface area contributed by atoms with E-state index in [-0.39, 0.29) is 0 Å². The summed E-state index contributed by atoms with van der Waals surface area (Å²) in [6, 6.07) is 13.7. The molecule has 0 amide bonds. The van der Waals surface area contributed by atoms with Gasteiger partial charge in [0.05, 0.1) is 10.9 Å². The Morgan fingerprint density at radius 3 is 2.35 bits per heavy atom. The quantitative estimate of drug-likeness (QED) is 0.411. The smallest absolute Gasteiger partial charge is 0.262 e. The van der Waals surface area contributed by atoms with E-state index < -0.39 is 8.07 Å². The van der Waals surface area contributed by atoms with Crippen LogP contribution in [0, 0.1) is 5.21 Å². The van der Waals surface area contributed by atoms with Crippen LogP contribution in [0.4, 0.5) is 0 Å². The summed E-state index contributed by atoms with van der Waals surface area (Å²) >= 11 is 0. The molecule has 0 fully saturated rings. The normalized spacial score (nSPS) is 11.9. The first-order valence-corrected chi connectivity index (χ1v) is 10.2. The highest BCUT2D eigenvalue weighted by molar-refractivity contribution is 6.87. The number of furan rings is 1. The third-order valence-electron chi connectivity index (χ3n) is 3.37. The maximum Gasteiger partial charge on any atom is 0.262 e. The van der Waals surface area contributed by atoms with Crippen LogP contribution in [0.1, 0.15) is 0 Å². The van der Waals surface area contributed by atoms with E-state index in [1.165, 1.54) is 0 Å². The molecule has 4 heteroatoms. The van der Waals surface area contributed by atoms with Crippen LogP contribution in [0.25, 0.3) is 22.2 Å². The standard InChI is InChI=1S/C16H17NO2Si/c1-20(2,3)16-10-14-15(19-16)9-13(11-17(14)18)12-7-5-4-6-8-12/h4-11H,1-3H3. The van der Waals surface area contributed by atoms with Gasteiger partial charge in [-0.1, -0.05) is 50.0 Å². The van der Waals surface area contributed by atoms with Crippen molar-refractivity contribution in [2.45, 2.75) is 19.6 Å². The van der Waals surface area contributed by atoms with Crippen LogP contribution < -0.4 is 10.1 Å². The predicted octanol–water partition coefficient (Wildman–Crippen LogP) is 3.28. The second-order valence-corrected chi connectivity index (χ2v) is 11.0. The van der Waals surface area contributed by atoms with Crippen molar-refractivity contribution in [2.75, 3.05) is 0 Å². The molecule has 2 heterocycles. The third kappa shape index (κ3) is 2.23. The van der Waals surface area contributed by atoms with E-state index in [1.54, 1.807) is 6.20 Å². The Balaban J connectivity index is 2.19. The zero-order valence-corrected chi connectivity index (χ0v) is 12.9. The lowest BCUT2D eigenvalue weighted by Crippen LogP contribution is -2.36. The van der Waals surface area contributed by atoms with Gasteiger partial charge in [0.2, 0.25) is 0 Å². The Morgan fingerprint density at radius 1 is 1.00 bits per heavy atom. The van der Waals surface area contributed by atoms with Crippen LogP contribution in [0.2, 0.25) is 19.6 Å². The first-order chi connectivity index (χ1) is 9.45. The Morgan fingerprint density at radius 2 is 1.70 bits per heavy atom. The Labute approximate surface area is 119 Å². The molecule has 3 nitrogen and oxygen atoms in total. The fraction of sp³-hybridized carbons (Fsp3) is 0.188. The molecule has 0 aliphatic carbocycles. The van der Waals surface area contributed by atoms with Crippen molar-refractivity contribution in [1.29, 1.82) is 0 Å². The van der Waals surface area contributed by atoms with Gasteiger partial charge in [-0.3, -0.25) is 0 Å². The number of nitrogens with zero attached hydrogens (tertiary/aromatic N) is 1. The van der Waals surface area contributed by atoms with Crippen molar-refractivity contribution in [2.24, 2.45) is 0 Å². The van der Waals surface area contributed by atoms with Gasteiger partial charge in [0.15, 0.2) is 11.8 Å². The summed E-state index contributed by atoms with van der Waals surface area (Å²) in [7, 11) is -1.55. The summed E-state index contributed by atoms with van der Waals surface area (Å²) in [5.74, 6) is 0. The highest BCUT2D eigenvalue weighted by atomic mass is 28.3. The van der Waals surface area contributed by atoms with Gasteiger partial charge < -0.3 is 9.62 Å². The van der Waals surface area contributed by atoms with Crippen LogP contribution in [-0.2, 0) is 0 Å². The first kappa shape index (κ1) is 12.9. The summed E-state index contributed by atoms with van der Waals surface area (Å²) in [4.78, 5) is 0. The number of rotatable bonds is 2. The van der Waals surface area contributed by atoms with Gasteiger partial charge in [-0.25, -0.2) is 0 Å². The van der Waals surface area contributed by atoms with Gasteiger partial charge in [-0.2, -0.15) is 4.73 Å². The minimum absolute atomic E-state index is 0.613. The maximum absolute atomic E-state index is 12.2. The molecule has 0 aliphatic rings. The minimum Gasteiger partial charge on any atom is -0.618 e. The Kier molecular flexibility index (Phi) is 2.90. The van der Waals surface area contributed by atoms with Gasteiger partial charge in [0.1, 0.15) is 8.07 Å². The van der Waals surface area contributed by atoms with E-state index in [1.807, 2.05) is 42.5 Å². The molecular formula is C16H17NO2Si. The number of hydrogen-bond donors (Lipinski definition) is 0. The third-order valence-corrected chi connectivity index (χ3v) is 5.09. The second-order valence-electron chi connectivity index (χ2n) is 6.03. The fourth-order valence-corrected chi connectivity index (χ4v) is 3.19. The number of fused-ring (bicyclic) bond motifs is 1. The molecule has 0 saturated heterocycles. The highest BCUT2D eigenvalue weighted by Gasteiger charge is 2.24. The van der Waals surface area contributed by atoms with Gasteiger partial charge >= 0.3 is 0 Å². The zero-order valence-electron chi connectivity index (χ0n) is 11.9. The molecule has 20 heavy (non-hydrogen) atoms. The number of aromatic nitrogens is 1. The summed E-state index contributed by atoms with van der Waals surface area (Å²) in [6.07, 6.45) is 1.61. The predicted molar refractivity (Wildman–Crippen MR) is 83.6 cm³/mol. The largest absolute Gasteiger partial charge is 0.618 e. The van der Waals surface area contributed by atoms with Crippen LogP contribution >= 0.6 is 0 Å². The molecule has 0 saturated carbocycles. The lowest BCUT2D eigenvalue weighted by Gasteiger charge is -2.09. The van der Waals surface area contributed by atoms with Gasteiger partial charge in [0.25, 0.3) is 5.52 Å². The molecule has 0 N–H and O–H groups in total. The van der Waals surface area contributed by atoms with Gasteiger partial charge in [0, 0.05) is 12.1 Å². The average Bonchev–Trinajstić information content (AvgIpc) is 2.84. The topological polar surface area (TPSA) is 40.1 Å². The van der Waals surface area contributed by atoms with E-state index in [9.17, 15) is 5.21 Å². The molecule has 0 unspecified atom stereocenters. The lowest BCUT2D eigenvalue weighted by molar-refractivity contribution is -0.576. The summed E-state index contributed by atoms with van der Waals surface area (Å²) in [5, 5.41) is 13.1. The molecule has 0 spiro atoms. The van der Waals surface area contributed by atoms with Crippen LogP contribution in [-0.4, -0.2) is 8.07 Å². The van der Waals surface area contributed by atoms with Crippen molar-refractivity contribution in [1.82, 2.24) is 0 Å². The first-order valence-electron chi connectivity index (χ1n) is 6.68. The average molecular weight is 283 g/mol. The van der Waals surface area contributed by atoms with Crippen molar-refractivity contribution >= 4 is 24.6 Å². The van der Waals surface area contributed by atoms with Crippen molar-refractivity contribution in [3.63, 3.8) is 0 Å². The summed E-state index contributed by atoms with van der Waals surface area (Å²) < 4.78 is 6.82. The number of pyridine rings is 1. The van der Waals surface area contributed by atoms with Crippen molar-refractivity contribution < 1.29 is 9.15 Å². The fourth-order valence-electron chi connectivity index (χ4n) is 2.20. The van der Waals surface area contributed by atoms with E-state index in [0.29, 0.717) is 11.1 Å². The molecule has 3 aromatic rings.